The molecule has 1 atom stereocenters. The monoisotopic (exact) mass is 279 g/mol. The number of hydrogen-bond donors (Lipinski definition) is 1. The van der Waals surface area contributed by atoms with Crippen LogP contribution in [0.3, 0.4) is 0 Å². The van der Waals surface area contributed by atoms with Crippen molar-refractivity contribution in [3.05, 3.63) is 59.2 Å². The zero-order valence-corrected chi connectivity index (χ0v) is 11.3. The highest BCUT2D eigenvalue weighted by Gasteiger charge is 2.30. The smallest absolute Gasteiger partial charge is 0.324 e. The van der Waals surface area contributed by atoms with Crippen molar-refractivity contribution in [1.29, 1.82) is 0 Å². The van der Waals surface area contributed by atoms with Crippen LogP contribution in [-0.2, 0) is 6.18 Å². The normalized spacial score (nSPS) is 13.3. The molecule has 2 rings (SSSR count). The van der Waals surface area contributed by atoms with Gasteiger partial charge in [0.1, 0.15) is 0 Å². The largest absolute Gasteiger partial charge is 0.416 e. The van der Waals surface area contributed by atoms with Gasteiger partial charge in [-0.2, -0.15) is 13.2 Å². The van der Waals surface area contributed by atoms with Crippen molar-refractivity contribution in [2.75, 3.05) is 0 Å². The Morgan fingerprint density at radius 2 is 1.60 bits per heavy atom. The summed E-state index contributed by atoms with van der Waals surface area (Å²) in [5, 5.41) is 0. The van der Waals surface area contributed by atoms with E-state index < -0.39 is 11.7 Å². The third kappa shape index (κ3) is 3.02. The van der Waals surface area contributed by atoms with E-state index in [1.165, 1.54) is 12.1 Å². The summed E-state index contributed by atoms with van der Waals surface area (Å²) in [4.78, 5) is 0. The molecule has 0 saturated carbocycles. The molecule has 106 valence electrons. The summed E-state index contributed by atoms with van der Waals surface area (Å²) in [5.41, 5.74) is 8.26. The lowest BCUT2D eigenvalue weighted by Gasteiger charge is -2.13. The highest BCUT2D eigenvalue weighted by Crippen LogP contribution is 2.34. The average molecular weight is 279 g/mol. The van der Waals surface area contributed by atoms with Crippen molar-refractivity contribution in [2.24, 2.45) is 5.73 Å². The summed E-state index contributed by atoms with van der Waals surface area (Å²) >= 11 is 0. The third-order valence-corrected chi connectivity index (χ3v) is 3.31. The average Bonchev–Trinajstić information content (AvgIpc) is 2.38. The molecule has 0 fully saturated rings. The summed E-state index contributed by atoms with van der Waals surface area (Å²) < 4.78 is 38.3. The second-order valence-corrected chi connectivity index (χ2v) is 4.94. The maximum absolute atomic E-state index is 12.8. The molecule has 0 spiro atoms. The van der Waals surface area contributed by atoms with Gasteiger partial charge in [-0.3, -0.25) is 0 Å². The molecule has 2 aromatic rings. The number of hydrogen-bond acceptors (Lipinski definition) is 1. The van der Waals surface area contributed by atoms with Gasteiger partial charge in [0.25, 0.3) is 0 Å². The molecule has 1 unspecified atom stereocenters. The fourth-order valence-corrected chi connectivity index (χ4v) is 2.08. The lowest BCUT2D eigenvalue weighted by atomic mass is 9.96. The van der Waals surface area contributed by atoms with E-state index in [1.807, 2.05) is 19.1 Å². The summed E-state index contributed by atoms with van der Waals surface area (Å²) in [6.45, 7) is 3.67. The number of halogens is 3. The summed E-state index contributed by atoms with van der Waals surface area (Å²) in [6, 6.07) is 11.0. The van der Waals surface area contributed by atoms with Crippen LogP contribution in [0.5, 0.6) is 0 Å². The second kappa shape index (κ2) is 5.29. The zero-order valence-electron chi connectivity index (χ0n) is 11.3. The van der Waals surface area contributed by atoms with E-state index in [9.17, 15) is 13.2 Å². The van der Waals surface area contributed by atoms with Crippen LogP contribution in [0, 0.1) is 6.92 Å². The van der Waals surface area contributed by atoms with Gasteiger partial charge in [-0.15, -0.1) is 0 Å². The van der Waals surface area contributed by atoms with Gasteiger partial charge in [0.2, 0.25) is 0 Å². The van der Waals surface area contributed by atoms with Gasteiger partial charge >= 0.3 is 6.18 Å². The van der Waals surface area contributed by atoms with Crippen molar-refractivity contribution in [1.82, 2.24) is 0 Å². The molecule has 20 heavy (non-hydrogen) atoms. The van der Waals surface area contributed by atoms with Crippen molar-refractivity contribution < 1.29 is 13.2 Å². The summed E-state index contributed by atoms with van der Waals surface area (Å²) in [6.07, 6.45) is -4.33. The minimum absolute atomic E-state index is 0.0911. The maximum Gasteiger partial charge on any atom is 0.416 e. The quantitative estimate of drug-likeness (QED) is 0.847. The van der Waals surface area contributed by atoms with Gasteiger partial charge < -0.3 is 5.73 Å². The Labute approximate surface area is 116 Å². The number of benzene rings is 2. The Kier molecular flexibility index (Phi) is 3.86. The van der Waals surface area contributed by atoms with E-state index in [0.717, 1.165) is 22.8 Å². The first-order valence-electron chi connectivity index (χ1n) is 6.33. The Hall–Kier alpha value is -1.81. The van der Waals surface area contributed by atoms with Gasteiger partial charge in [-0.05, 0) is 48.2 Å². The minimum atomic E-state index is -4.33. The van der Waals surface area contributed by atoms with Gasteiger partial charge in [-0.25, -0.2) is 0 Å². The van der Waals surface area contributed by atoms with Crippen molar-refractivity contribution >= 4 is 0 Å². The van der Waals surface area contributed by atoms with Crippen molar-refractivity contribution in [3.8, 4) is 11.1 Å². The maximum atomic E-state index is 12.8. The predicted octanol–water partition coefficient (Wildman–Crippen LogP) is 4.70. The van der Waals surface area contributed by atoms with Crippen LogP contribution in [0.25, 0.3) is 11.1 Å². The Morgan fingerprint density at radius 3 is 2.10 bits per heavy atom. The molecule has 0 saturated heterocycles. The highest BCUT2D eigenvalue weighted by atomic mass is 19.4. The molecule has 0 aliphatic carbocycles. The van der Waals surface area contributed by atoms with E-state index in [4.69, 9.17) is 5.73 Å². The molecule has 0 heterocycles. The Morgan fingerprint density at radius 1 is 1.00 bits per heavy atom. The Balaban J connectivity index is 2.46. The molecule has 2 aromatic carbocycles. The number of alkyl halides is 3. The summed E-state index contributed by atoms with van der Waals surface area (Å²) in [7, 11) is 0. The van der Waals surface area contributed by atoms with Crippen LogP contribution in [0.15, 0.2) is 42.5 Å². The molecule has 0 aliphatic rings. The standard InChI is InChI=1S/C16H16F3N/c1-10-3-8-14(16(17,18)19)9-15(10)13-6-4-12(5-7-13)11(2)20/h3-9,11H,20H2,1-2H3. The van der Waals surface area contributed by atoms with Gasteiger partial charge in [-0.1, -0.05) is 30.3 Å². The van der Waals surface area contributed by atoms with Crippen LogP contribution in [0.1, 0.15) is 29.7 Å². The first kappa shape index (κ1) is 14.6. The van der Waals surface area contributed by atoms with Gasteiger partial charge in [0, 0.05) is 6.04 Å². The number of rotatable bonds is 2. The first-order chi connectivity index (χ1) is 9.29. The number of nitrogens with two attached hydrogens (primary N) is 1. The van der Waals surface area contributed by atoms with E-state index >= 15 is 0 Å². The molecule has 1 nitrogen and oxygen atoms in total. The van der Waals surface area contributed by atoms with Crippen LogP contribution >= 0.6 is 0 Å². The fourth-order valence-electron chi connectivity index (χ4n) is 2.08. The Bertz CT molecular complexity index is 598. The van der Waals surface area contributed by atoms with Crippen LogP contribution in [0.4, 0.5) is 13.2 Å². The number of aryl methyl sites for hydroxylation is 1. The van der Waals surface area contributed by atoms with Crippen molar-refractivity contribution in [2.45, 2.75) is 26.1 Å². The van der Waals surface area contributed by atoms with Gasteiger partial charge in [0.05, 0.1) is 5.56 Å². The molecule has 0 amide bonds. The zero-order chi connectivity index (χ0) is 14.9. The lowest BCUT2D eigenvalue weighted by molar-refractivity contribution is -0.137. The SMILES string of the molecule is Cc1ccc(C(F)(F)F)cc1-c1ccc(C(C)N)cc1. The molecule has 0 aliphatic heterocycles. The third-order valence-electron chi connectivity index (χ3n) is 3.31. The molecule has 2 N–H and O–H groups in total. The summed E-state index contributed by atoms with van der Waals surface area (Å²) in [5.74, 6) is 0. The second-order valence-electron chi connectivity index (χ2n) is 4.94. The van der Waals surface area contributed by atoms with E-state index in [-0.39, 0.29) is 6.04 Å². The predicted molar refractivity (Wildman–Crippen MR) is 74.2 cm³/mol. The van der Waals surface area contributed by atoms with E-state index in [0.29, 0.717) is 5.56 Å². The lowest BCUT2D eigenvalue weighted by Crippen LogP contribution is -2.05. The van der Waals surface area contributed by atoms with Gasteiger partial charge in [0.15, 0.2) is 0 Å². The molecular formula is C16H16F3N. The van der Waals surface area contributed by atoms with E-state index in [1.54, 1.807) is 19.1 Å². The van der Waals surface area contributed by atoms with Crippen LogP contribution in [0.2, 0.25) is 0 Å². The molecule has 4 heteroatoms. The first-order valence-corrected chi connectivity index (χ1v) is 6.33. The van der Waals surface area contributed by atoms with Crippen LogP contribution < -0.4 is 5.73 Å². The van der Waals surface area contributed by atoms with Crippen molar-refractivity contribution in [3.63, 3.8) is 0 Å². The fraction of sp³-hybridized carbons (Fsp3) is 0.250. The highest BCUT2D eigenvalue weighted by molar-refractivity contribution is 5.68. The molecule has 0 aromatic heterocycles. The molecular weight excluding hydrogens is 263 g/mol. The van der Waals surface area contributed by atoms with E-state index in [2.05, 4.69) is 0 Å². The topological polar surface area (TPSA) is 26.0 Å². The molecule has 0 bridgehead atoms. The molecule has 0 radical (unpaired) electrons. The minimum Gasteiger partial charge on any atom is -0.324 e. The van der Waals surface area contributed by atoms with Crippen LogP contribution in [-0.4, -0.2) is 0 Å².